The Bertz CT molecular complexity index is 1410. The molecule has 0 saturated heterocycles. The maximum atomic E-state index is 14.3. The minimum absolute atomic E-state index is 0.102. The number of anilines is 1. The minimum atomic E-state index is -0.973. The van der Waals surface area contributed by atoms with Crippen LogP contribution in [0.5, 0.6) is 0 Å². The van der Waals surface area contributed by atoms with Crippen LogP contribution in [0.4, 0.5) is 10.5 Å². The van der Waals surface area contributed by atoms with Crippen LogP contribution in [-0.2, 0) is 14.3 Å². The highest BCUT2D eigenvalue weighted by molar-refractivity contribution is 6.00. The summed E-state index contributed by atoms with van der Waals surface area (Å²) in [5, 5.41) is 7.88. The number of nitrogens with one attached hydrogen (secondary N) is 2. The average molecular weight is 558 g/mol. The summed E-state index contributed by atoms with van der Waals surface area (Å²) in [6.45, 7) is 17.0. The Kier molecular flexibility index (Phi) is 10.3. The van der Waals surface area contributed by atoms with Gasteiger partial charge < -0.3 is 20.3 Å². The Hall–Kier alpha value is -4.13. The van der Waals surface area contributed by atoms with Crippen molar-refractivity contribution in [1.82, 2.24) is 10.2 Å². The molecule has 41 heavy (non-hydrogen) atoms. The van der Waals surface area contributed by atoms with Gasteiger partial charge in [0.1, 0.15) is 17.7 Å². The first-order chi connectivity index (χ1) is 19.3. The molecule has 0 aromatic heterocycles. The van der Waals surface area contributed by atoms with Gasteiger partial charge in [0, 0.05) is 12.2 Å². The Morgan fingerprint density at radius 1 is 1.00 bits per heavy atom. The lowest BCUT2D eigenvalue weighted by molar-refractivity contribution is -0.141. The smallest absolute Gasteiger partial charge is 0.408 e. The Morgan fingerprint density at radius 2 is 1.68 bits per heavy atom. The first kappa shape index (κ1) is 31.4. The Labute approximate surface area is 244 Å². The van der Waals surface area contributed by atoms with Gasteiger partial charge in [0.15, 0.2) is 0 Å². The van der Waals surface area contributed by atoms with Gasteiger partial charge in [0.2, 0.25) is 5.91 Å². The molecule has 0 radical (unpaired) electrons. The molecule has 0 saturated carbocycles. The third kappa shape index (κ3) is 8.19. The van der Waals surface area contributed by atoms with E-state index in [4.69, 9.17) is 4.74 Å². The molecule has 0 aliphatic rings. The van der Waals surface area contributed by atoms with Crippen molar-refractivity contribution in [3.05, 3.63) is 90.0 Å². The van der Waals surface area contributed by atoms with Crippen LogP contribution in [0.15, 0.2) is 73.3 Å². The van der Waals surface area contributed by atoms with Gasteiger partial charge in [-0.25, -0.2) is 4.79 Å². The maximum absolute atomic E-state index is 14.3. The second-order valence-electron chi connectivity index (χ2n) is 11.6. The van der Waals surface area contributed by atoms with Crippen molar-refractivity contribution in [1.29, 1.82) is 0 Å². The average Bonchev–Trinajstić information content (AvgIpc) is 2.90. The van der Waals surface area contributed by atoms with E-state index in [0.717, 1.165) is 21.9 Å². The first-order valence-corrected chi connectivity index (χ1v) is 14.1. The predicted octanol–water partition coefficient (Wildman–Crippen LogP) is 7.09. The molecule has 3 atom stereocenters. The van der Waals surface area contributed by atoms with Crippen LogP contribution < -0.4 is 10.6 Å². The van der Waals surface area contributed by atoms with Crippen molar-refractivity contribution in [3.63, 3.8) is 0 Å². The van der Waals surface area contributed by atoms with Gasteiger partial charge in [-0.1, -0.05) is 80.4 Å². The monoisotopic (exact) mass is 557 g/mol. The van der Waals surface area contributed by atoms with E-state index in [0.29, 0.717) is 17.7 Å². The molecular formula is C34H43N3O4. The van der Waals surface area contributed by atoms with E-state index in [1.54, 1.807) is 26.8 Å². The molecule has 3 aromatic carbocycles. The second kappa shape index (κ2) is 13.5. The summed E-state index contributed by atoms with van der Waals surface area (Å²) in [6, 6.07) is 17.6. The summed E-state index contributed by atoms with van der Waals surface area (Å²) >= 11 is 0. The van der Waals surface area contributed by atoms with Crippen molar-refractivity contribution in [2.24, 2.45) is 5.92 Å². The fourth-order valence-corrected chi connectivity index (χ4v) is 4.82. The molecule has 3 unspecified atom stereocenters. The van der Waals surface area contributed by atoms with E-state index in [2.05, 4.69) is 17.2 Å². The standard InChI is InChI=1S/C34H43N3O4/c1-9-19-37(32(39)29(23(4)10-2)36-33(40)41-34(6,7)8)30(28-18-15-22(3)20-24(28)5)31(38)35-27-17-16-25-13-11-12-14-26(25)21-27/h9,11-18,20-21,23,29-30H,1,10,19H2,2-8H3,(H,35,38)(H,36,40). The van der Waals surface area contributed by atoms with E-state index in [-0.39, 0.29) is 24.3 Å². The number of carbonyl (C=O) groups is 3. The molecule has 3 aromatic rings. The molecule has 0 spiro atoms. The van der Waals surface area contributed by atoms with Gasteiger partial charge in [-0.15, -0.1) is 6.58 Å². The molecule has 7 nitrogen and oxygen atoms in total. The van der Waals surface area contributed by atoms with Crippen LogP contribution in [0.3, 0.4) is 0 Å². The molecule has 3 amide bonds. The number of hydrogen-bond donors (Lipinski definition) is 2. The summed E-state index contributed by atoms with van der Waals surface area (Å²) in [6.07, 6.45) is 1.54. The molecule has 7 heteroatoms. The fourth-order valence-electron chi connectivity index (χ4n) is 4.82. The number of aryl methyl sites for hydroxylation is 2. The number of ether oxygens (including phenoxy) is 1. The first-order valence-electron chi connectivity index (χ1n) is 14.1. The topological polar surface area (TPSA) is 87.7 Å². The molecule has 0 bridgehead atoms. The molecule has 0 heterocycles. The van der Waals surface area contributed by atoms with E-state index in [1.807, 2.05) is 88.4 Å². The zero-order chi connectivity index (χ0) is 30.3. The zero-order valence-corrected chi connectivity index (χ0v) is 25.3. The maximum Gasteiger partial charge on any atom is 0.408 e. The highest BCUT2D eigenvalue weighted by Crippen LogP contribution is 2.29. The lowest BCUT2D eigenvalue weighted by atomic mass is 9.93. The lowest BCUT2D eigenvalue weighted by Crippen LogP contribution is -2.54. The van der Waals surface area contributed by atoms with Crippen LogP contribution in [0.1, 0.15) is 63.8 Å². The van der Waals surface area contributed by atoms with Crippen molar-refractivity contribution in [2.75, 3.05) is 11.9 Å². The minimum Gasteiger partial charge on any atom is -0.444 e. The van der Waals surface area contributed by atoms with Crippen LogP contribution in [0.2, 0.25) is 0 Å². The number of benzene rings is 3. The van der Waals surface area contributed by atoms with Crippen LogP contribution in [0.25, 0.3) is 10.8 Å². The largest absolute Gasteiger partial charge is 0.444 e. The summed E-state index contributed by atoms with van der Waals surface area (Å²) in [5.74, 6) is -0.961. The number of fused-ring (bicyclic) bond motifs is 1. The lowest BCUT2D eigenvalue weighted by Gasteiger charge is -2.36. The van der Waals surface area contributed by atoms with E-state index in [9.17, 15) is 14.4 Å². The summed E-state index contributed by atoms with van der Waals surface area (Å²) in [5.41, 5.74) is 2.52. The highest BCUT2D eigenvalue weighted by atomic mass is 16.6. The van der Waals surface area contributed by atoms with Crippen LogP contribution in [-0.4, -0.2) is 41.0 Å². The third-order valence-electron chi connectivity index (χ3n) is 7.06. The molecule has 3 rings (SSSR count). The van der Waals surface area contributed by atoms with E-state index >= 15 is 0 Å². The van der Waals surface area contributed by atoms with Crippen molar-refractivity contribution in [3.8, 4) is 0 Å². The van der Waals surface area contributed by atoms with Gasteiger partial charge >= 0.3 is 6.09 Å². The van der Waals surface area contributed by atoms with Crippen molar-refractivity contribution >= 4 is 34.4 Å². The highest BCUT2D eigenvalue weighted by Gasteiger charge is 2.38. The molecule has 2 N–H and O–H groups in total. The fraction of sp³-hybridized carbons (Fsp3) is 0.382. The van der Waals surface area contributed by atoms with Crippen LogP contribution in [0, 0.1) is 19.8 Å². The number of nitrogens with zero attached hydrogens (tertiary/aromatic N) is 1. The van der Waals surface area contributed by atoms with Gasteiger partial charge in [-0.05, 0) is 74.6 Å². The van der Waals surface area contributed by atoms with Crippen molar-refractivity contribution < 1.29 is 19.1 Å². The molecule has 218 valence electrons. The van der Waals surface area contributed by atoms with Gasteiger partial charge in [0.05, 0.1) is 0 Å². The summed E-state index contributed by atoms with van der Waals surface area (Å²) in [7, 11) is 0. The summed E-state index contributed by atoms with van der Waals surface area (Å²) in [4.78, 5) is 42.7. The molecule has 0 aliphatic heterocycles. The quantitative estimate of drug-likeness (QED) is 0.261. The van der Waals surface area contributed by atoms with E-state index in [1.165, 1.54) is 4.90 Å². The summed E-state index contributed by atoms with van der Waals surface area (Å²) < 4.78 is 5.47. The van der Waals surface area contributed by atoms with Gasteiger partial charge in [-0.3, -0.25) is 9.59 Å². The number of amides is 3. The number of rotatable bonds is 10. The Morgan fingerprint density at radius 3 is 2.29 bits per heavy atom. The number of carbonyl (C=O) groups excluding carboxylic acids is 3. The van der Waals surface area contributed by atoms with Crippen LogP contribution >= 0.6 is 0 Å². The molecule has 0 fully saturated rings. The molecular weight excluding hydrogens is 514 g/mol. The predicted molar refractivity (Wildman–Crippen MR) is 166 cm³/mol. The van der Waals surface area contributed by atoms with Gasteiger partial charge in [0.25, 0.3) is 5.91 Å². The second-order valence-corrected chi connectivity index (χ2v) is 11.6. The van der Waals surface area contributed by atoms with Crippen molar-refractivity contribution in [2.45, 2.75) is 72.6 Å². The number of hydrogen-bond acceptors (Lipinski definition) is 4. The third-order valence-corrected chi connectivity index (χ3v) is 7.06. The normalized spacial score (nSPS) is 13.5. The SMILES string of the molecule is C=CCN(C(=O)C(NC(=O)OC(C)(C)C)C(C)CC)C(C(=O)Nc1ccc2ccccc2c1)c1ccc(C)cc1C. The number of alkyl carbamates (subject to hydrolysis) is 1. The molecule has 0 aliphatic carbocycles. The van der Waals surface area contributed by atoms with E-state index < -0.39 is 23.8 Å². The zero-order valence-electron chi connectivity index (χ0n) is 25.3. The Balaban J connectivity index is 2.06. The van der Waals surface area contributed by atoms with Gasteiger partial charge in [-0.2, -0.15) is 0 Å².